The fourth-order valence-electron chi connectivity index (χ4n) is 2.04. The molecule has 7 heteroatoms. The van der Waals surface area contributed by atoms with Crippen molar-refractivity contribution < 1.29 is 26.3 Å². The van der Waals surface area contributed by atoms with E-state index >= 15 is 0 Å². The maximum absolute atomic E-state index is 13.6. The van der Waals surface area contributed by atoms with Gasteiger partial charge in [-0.1, -0.05) is 6.07 Å². The Morgan fingerprint density at radius 1 is 1.22 bits per heavy atom. The number of alkyl halides is 5. The first-order chi connectivity index (χ1) is 8.14. The molecule has 100 valence electrons. The highest BCUT2D eigenvalue weighted by Gasteiger charge is 2.71. The van der Waals surface area contributed by atoms with Gasteiger partial charge in [0, 0.05) is 18.5 Å². The van der Waals surface area contributed by atoms with E-state index < -0.39 is 47.4 Å². The van der Waals surface area contributed by atoms with E-state index in [0.29, 0.717) is 6.07 Å². The van der Waals surface area contributed by atoms with Gasteiger partial charge in [0.1, 0.15) is 5.82 Å². The fraction of sp³-hybridized carbons (Fsp3) is 0.455. The molecular weight excluding hydrogens is 260 g/mol. The number of halogens is 6. The summed E-state index contributed by atoms with van der Waals surface area (Å²) in [7, 11) is 0. The van der Waals surface area contributed by atoms with Crippen LogP contribution < -0.4 is 5.73 Å². The zero-order valence-corrected chi connectivity index (χ0v) is 8.99. The summed E-state index contributed by atoms with van der Waals surface area (Å²) < 4.78 is 76.8. The van der Waals surface area contributed by atoms with Gasteiger partial charge < -0.3 is 5.73 Å². The van der Waals surface area contributed by atoms with Crippen LogP contribution in [0.3, 0.4) is 0 Å². The van der Waals surface area contributed by atoms with Crippen LogP contribution in [0.1, 0.15) is 17.5 Å². The Balaban J connectivity index is 2.44. The van der Waals surface area contributed by atoms with E-state index in [9.17, 15) is 26.3 Å². The molecule has 2 rings (SSSR count). The van der Waals surface area contributed by atoms with Crippen LogP contribution in [-0.2, 0) is 11.6 Å². The standard InChI is InChI=1S/C11H9F6N/c12-8-3-6(11(15,16)17)1-2-7(8)9(5-18)4-10(9,13)14/h1-3H,4-5,18H2. The maximum atomic E-state index is 13.6. The lowest BCUT2D eigenvalue weighted by atomic mass is 9.93. The largest absolute Gasteiger partial charge is 0.416 e. The Bertz CT molecular complexity index is 481. The Morgan fingerprint density at radius 3 is 2.11 bits per heavy atom. The molecule has 0 aromatic heterocycles. The van der Waals surface area contributed by atoms with Crippen LogP contribution in [-0.4, -0.2) is 12.5 Å². The summed E-state index contributed by atoms with van der Waals surface area (Å²) >= 11 is 0. The summed E-state index contributed by atoms with van der Waals surface area (Å²) in [5.74, 6) is -4.46. The van der Waals surface area contributed by atoms with Gasteiger partial charge >= 0.3 is 6.18 Å². The first-order valence-electron chi connectivity index (χ1n) is 5.09. The second-order valence-corrected chi connectivity index (χ2v) is 4.36. The third-order valence-electron chi connectivity index (χ3n) is 3.26. The zero-order chi connectivity index (χ0) is 13.8. The predicted octanol–water partition coefficient (Wildman–Crippen LogP) is 3.08. The average molecular weight is 269 g/mol. The topological polar surface area (TPSA) is 26.0 Å². The first-order valence-corrected chi connectivity index (χ1v) is 5.09. The molecule has 1 aromatic carbocycles. The highest BCUT2D eigenvalue weighted by Crippen LogP contribution is 2.61. The Kier molecular flexibility index (Phi) is 2.66. The molecule has 1 atom stereocenters. The van der Waals surface area contributed by atoms with E-state index in [-0.39, 0.29) is 6.07 Å². The Hall–Kier alpha value is -1.24. The van der Waals surface area contributed by atoms with Crippen LogP contribution in [0, 0.1) is 5.82 Å². The fourth-order valence-corrected chi connectivity index (χ4v) is 2.04. The van der Waals surface area contributed by atoms with Gasteiger partial charge in [-0.2, -0.15) is 13.2 Å². The molecule has 0 amide bonds. The monoisotopic (exact) mass is 269 g/mol. The van der Waals surface area contributed by atoms with E-state index in [1.54, 1.807) is 0 Å². The molecule has 0 heterocycles. The zero-order valence-electron chi connectivity index (χ0n) is 8.99. The van der Waals surface area contributed by atoms with Crippen molar-refractivity contribution in [3.63, 3.8) is 0 Å². The molecular formula is C11H9F6N. The molecule has 2 N–H and O–H groups in total. The SMILES string of the molecule is NCC1(c2ccc(C(F)(F)F)cc2F)CC1(F)F. The lowest BCUT2D eigenvalue weighted by molar-refractivity contribution is -0.137. The van der Waals surface area contributed by atoms with Crippen LogP contribution in [0.2, 0.25) is 0 Å². The van der Waals surface area contributed by atoms with Crippen LogP contribution in [0.4, 0.5) is 26.3 Å². The van der Waals surface area contributed by atoms with Crippen molar-refractivity contribution in [2.75, 3.05) is 6.54 Å². The van der Waals surface area contributed by atoms with Crippen LogP contribution in [0.5, 0.6) is 0 Å². The van der Waals surface area contributed by atoms with Crippen molar-refractivity contribution in [1.29, 1.82) is 0 Å². The minimum absolute atomic E-state index is 0.223. The molecule has 1 aliphatic rings. The van der Waals surface area contributed by atoms with E-state index in [2.05, 4.69) is 0 Å². The van der Waals surface area contributed by atoms with Gasteiger partial charge in [0.25, 0.3) is 5.92 Å². The number of rotatable bonds is 2. The quantitative estimate of drug-likeness (QED) is 0.820. The van der Waals surface area contributed by atoms with Gasteiger partial charge in [0.2, 0.25) is 0 Å². The third kappa shape index (κ3) is 1.77. The molecule has 18 heavy (non-hydrogen) atoms. The molecule has 1 saturated carbocycles. The highest BCUT2D eigenvalue weighted by atomic mass is 19.4. The summed E-state index contributed by atoms with van der Waals surface area (Å²) in [6.07, 6.45) is -5.35. The van der Waals surface area contributed by atoms with Crippen LogP contribution in [0.25, 0.3) is 0 Å². The highest BCUT2D eigenvalue weighted by molar-refractivity contribution is 5.41. The average Bonchev–Trinajstić information content (AvgIpc) is 2.80. The molecule has 0 saturated heterocycles. The molecule has 1 unspecified atom stereocenters. The van der Waals surface area contributed by atoms with Gasteiger partial charge in [0.15, 0.2) is 0 Å². The number of benzene rings is 1. The third-order valence-corrected chi connectivity index (χ3v) is 3.26. The molecule has 0 spiro atoms. The van der Waals surface area contributed by atoms with E-state index in [1.165, 1.54) is 0 Å². The minimum Gasteiger partial charge on any atom is -0.329 e. The van der Waals surface area contributed by atoms with Crippen molar-refractivity contribution in [2.45, 2.75) is 23.9 Å². The van der Waals surface area contributed by atoms with Gasteiger partial charge in [-0.25, -0.2) is 13.2 Å². The maximum Gasteiger partial charge on any atom is 0.416 e. The number of nitrogens with two attached hydrogens (primary N) is 1. The molecule has 1 fully saturated rings. The molecule has 0 bridgehead atoms. The first kappa shape index (κ1) is 13.2. The second kappa shape index (κ2) is 3.63. The van der Waals surface area contributed by atoms with Crippen molar-refractivity contribution in [3.8, 4) is 0 Å². The second-order valence-electron chi connectivity index (χ2n) is 4.36. The number of hydrogen-bond acceptors (Lipinski definition) is 1. The molecule has 0 radical (unpaired) electrons. The summed E-state index contributed by atoms with van der Waals surface area (Å²) in [5.41, 5.74) is 1.68. The van der Waals surface area contributed by atoms with Gasteiger partial charge in [-0.15, -0.1) is 0 Å². The summed E-state index contributed by atoms with van der Waals surface area (Å²) in [5, 5.41) is 0. The predicted molar refractivity (Wildman–Crippen MR) is 51.7 cm³/mol. The summed E-state index contributed by atoms with van der Waals surface area (Å²) in [6, 6.07) is 1.55. The lowest BCUT2D eigenvalue weighted by Gasteiger charge is -2.16. The van der Waals surface area contributed by atoms with E-state index in [1.807, 2.05) is 0 Å². The summed E-state index contributed by atoms with van der Waals surface area (Å²) in [4.78, 5) is 0. The van der Waals surface area contributed by atoms with Gasteiger partial charge in [-0.05, 0) is 12.1 Å². The van der Waals surface area contributed by atoms with E-state index in [4.69, 9.17) is 5.73 Å². The van der Waals surface area contributed by atoms with Crippen LogP contribution in [0.15, 0.2) is 18.2 Å². The molecule has 1 aliphatic carbocycles. The Labute approximate surface area is 98.6 Å². The molecule has 1 aromatic rings. The van der Waals surface area contributed by atoms with Crippen molar-refractivity contribution in [3.05, 3.63) is 35.1 Å². The lowest BCUT2D eigenvalue weighted by Crippen LogP contribution is -2.28. The number of hydrogen-bond donors (Lipinski definition) is 1. The van der Waals surface area contributed by atoms with Crippen molar-refractivity contribution >= 4 is 0 Å². The van der Waals surface area contributed by atoms with Crippen LogP contribution >= 0.6 is 0 Å². The minimum atomic E-state index is -4.71. The van der Waals surface area contributed by atoms with E-state index in [0.717, 1.165) is 6.07 Å². The normalized spacial score (nSPS) is 26.2. The summed E-state index contributed by atoms with van der Waals surface area (Å²) in [6.45, 7) is -0.512. The van der Waals surface area contributed by atoms with Crippen molar-refractivity contribution in [1.82, 2.24) is 0 Å². The Morgan fingerprint density at radius 2 is 1.78 bits per heavy atom. The van der Waals surface area contributed by atoms with Gasteiger partial charge in [-0.3, -0.25) is 0 Å². The smallest absolute Gasteiger partial charge is 0.329 e. The van der Waals surface area contributed by atoms with Crippen molar-refractivity contribution in [2.24, 2.45) is 5.73 Å². The molecule has 0 aliphatic heterocycles. The molecule has 1 nitrogen and oxygen atoms in total. The van der Waals surface area contributed by atoms with Gasteiger partial charge in [0.05, 0.1) is 11.0 Å².